The molecule has 0 aliphatic carbocycles. The first-order chi connectivity index (χ1) is 9.51. The fraction of sp³-hybridized carbons (Fsp3) is 0.0714. The summed E-state index contributed by atoms with van der Waals surface area (Å²) in [6.45, 7) is 1.80. The summed E-state index contributed by atoms with van der Waals surface area (Å²) in [5.74, 6) is -1.19. The second kappa shape index (κ2) is 5.92. The van der Waals surface area contributed by atoms with Crippen LogP contribution in [0, 0.1) is 18.6 Å². The van der Waals surface area contributed by atoms with E-state index in [0.717, 1.165) is 16.5 Å². The predicted octanol–water partition coefficient (Wildman–Crippen LogP) is 3.52. The Bertz CT molecular complexity index is 674. The van der Waals surface area contributed by atoms with Crippen LogP contribution in [0.3, 0.4) is 0 Å². The van der Waals surface area contributed by atoms with Crippen molar-refractivity contribution in [3.63, 3.8) is 0 Å². The van der Waals surface area contributed by atoms with Gasteiger partial charge in [0.2, 0.25) is 0 Å². The molecule has 20 heavy (non-hydrogen) atoms. The summed E-state index contributed by atoms with van der Waals surface area (Å²) in [6.07, 6.45) is 0. The molecular formula is C14H12F2N2OS. The van der Waals surface area contributed by atoms with Gasteiger partial charge in [0.05, 0.1) is 0 Å². The molecule has 0 saturated heterocycles. The summed E-state index contributed by atoms with van der Waals surface area (Å²) in [4.78, 5) is 1.12. The van der Waals surface area contributed by atoms with Crippen molar-refractivity contribution in [3.05, 3.63) is 59.2 Å². The Kier molecular flexibility index (Phi) is 4.24. The second-order valence-electron chi connectivity index (χ2n) is 4.14. The van der Waals surface area contributed by atoms with E-state index in [-0.39, 0.29) is 5.84 Å². The molecule has 2 rings (SSSR count). The lowest BCUT2D eigenvalue weighted by Gasteiger charge is -2.08. The van der Waals surface area contributed by atoms with Crippen LogP contribution in [-0.2, 0) is 0 Å². The Morgan fingerprint density at radius 1 is 1.20 bits per heavy atom. The van der Waals surface area contributed by atoms with E-state index in [4.69, 9.17) is 10.9 Å². The van der Waals surface area contributed by atoms with E-state index in [0.29, 0.717) is 10.5 Å². The van der Waals surface area contributed by atoms with E-state index in [1.165, 1.54) is 23.9 Å². The lowest BCUT2D eigenvalue weighted by atomic mass is 10.1. The quantitative estimate of drug-likeness (QED) is 0.394. The predicted molar refractivity (Wildman–Crippen MR) is 74.2 cm³/mol. The van der Waals surface area contributed by atoms with Crippen LogP contribution in [0.5, 0.6) is 0 Å². The molecule has 0 amide bonds. The summed E-state index contributed by atoms with van der Waals surface area (Å²) in [5.41, 5.74) is 6.94. The van der Waals surface area contributed by atoms with Crippen LogP contribution < -0.4 is 5.73 Å². The molecule has 0 aliphatic rings. The van der Waals surface area contributed by atoms with Crippen molar-refractivity contribution in [2.75, 3.05) is 0 Å². The fourth-order valence-corrected chi connectivity index (χ4v) is 2.64. The summed E-state index contributed by atoms with van der Waals surface area (Å²) in [7, 11) is 0. The minimum absolute atomic E-state index is 0.0204. The zero-order valence-corrected chi connectivity index (χ0v) is 11.4. The molecule has 0 saturated carbocycles. The topological polar surface area (TPSA) is 58.6 Å². The lowest BCUT2D eigenvalue weighted by molar-refractivity contribution is 0.318. The van der Waals surface area contributed by atoms with Gasteiger partial charge < -0.3 is 10.9 Å². The van der Waals surface area contributed by atoms with Gasteiger partial charge in [0.1, 0.15) is 11.6 Å². The fourth-order valence-electron chi connectivity index (χ4n) is 1.73. The number of benzene rings is 2. The molecule has 2 aromatic rings. The first-order valence-corrected chi connectivity index (χ1v) is 6.54. The average molecular weight is 294 g/mol. The van der Waals surface area contributed by atoms with Gasteiger partial charge in [-0.3, -0.25) is 0 Å². The molecule has 0 radical (unpaired) electrons. The first kappa shape index (κ1) is 14.3. The molecule has 3 N–H and O–H groups in total. The van der Waals surface area contributed by atoms with Crippen molar-refractivity contribution < 1.29 is 14.0 Å². The number of hydrogen-bond acceptors (Lipinski definition) is 3. The van der Waals surface area contributed by atoms with Gasteiger partial charge in [-0.2, -0.15) is 0 Å². The monoisotopic (exact) mass is 294 g/mol. The van der Waals surface area contributed by atoms with Crippen LogP contribution in [0.2, 0.25) is 0 Å². The number of aryl methyl sites for hydroxylation is 1. The molecule has 3 nitrogen and oxygen atoms in total. The van der Waals surface area contributed by atoms with Crippen molar-refractivity contribution in [2.45, 2.75) is 16.7 Å². The Morgan fingerprint density at radius 3 is 2.55 bits per heavy atom. The molecule has 0 bridgehead atoms. The molecular weight excluding hydrogens is 282 g/mol. The van der Waals surface area contributed by atoms with E-state index in [9.17, 15) is 8.78 Å². The van der Waals surface area contributed by atoms with Gasteiger partial charge in [0.25, 0.3) is 0 Å². The highest BCUT2D eigenvalue weighted by atomic mass is 32.2. The SMILES string of the molecule is Cc1cc(Sc2ccc(F)cc2F)ccc1/C(N)=N/O. The number of nitrogens with two attached hydrogens (primary N) is 1. The zero-order chi connectivity index (χ0) is 14.7. The van der Waals surface area contributed by atoms with Gasteiger partial charge in [0.15, 0.2) is 5.84 Å². The van der Waals surface area contributed by atoms with Crippen molar-refractivity contribution >= 4 is 17.6 Å². The highest BCUT2D eigenvalue weighted by molar-refractivity contribution is 7.99. The Hall–Kier alpha value is -2.08. The molecule has 0 atom stereocenters. The Balaban J connectivity index is 2.29. The summed E-state index contributed by atoms with van der Waals surface area (Å²) in [5, 5.41) is 11.6. The maximum absolute atomic E-state index is 13.6. The smallest absolute Gasteiger partial charge is 0.170 e. The second-order valence-corrected chi connectivity index (χ2v) is 5.25. The van der Waals surface area contributed by atoms with E-state index in [1.807, 2.05) is 0 Å². The van der Waals surface area contributed by atoms with Gasteiger partial charge in [-0.25, -0.2) is 8.78 Å². The van der Waals surface area contributed by atoms with Crippen LogP contribution >= 0.6 is 11.8 Å². The molecule has 0 aliphatic heterocycles. The lowest BCUT2D eigenvalue weighted by Crippen LogP contribution is -2.14. The van der Waals surface area contributed by atoms with E-state index in [2.05, 4.69) is 5.16 Å². The Morgan fingerprint density at radius 2 is 1.95 bits per heavy atom. The first-order valence-electron chi connectivity index (χ1n) is 5.72. The van der Waals surface area contributed by atoms with Crippen molar-refractivity contribution in [3.8, 4) is 0 Å². The van der Waals surface area contributed by atoms with Gasteiger partial charge in [-0.05, 0) is 42.8 Å². The highest BCUT2D eigenvalue weighted by Crippen LogP contribution is 2.31. The zero-order valence-electron chi connectivity index (χ0n) is 10.6. The average Bonchev–Trinajstić information content (AvgIpc) is 2.41. The molecule has 0 fully saturated rings. The number of oxime groups is 1. The van der Waals surface area contributed by atoms with Crippen LogP contribution in [-0.4, -0.2) is 11.0 Å². The number of hydrogen-bond donors (Lipinski definition) is 2. The van der Waals surface area contributed by atoms with Gasteiger partial charge in [-0.15, -0.1) is 0 Å². The summed E-state index contributed by atoms with van der Waals surface area (Å²) in [6, 6.07) is 8.66. The number of halogens is 2. The summed E-state index contributed by atoms with van der Waals surface area (Å²) >= 11 is 1.18. The molecule has 6 heteroatoms. The van der Waals surface area contributed by atoms with Gasteiger partial charge in [-0.1, -0.05) is 16.9 Å². The highest BCUT2D eigenvalue weighted by Gasteiger charge is 2.08. The Labute approximate surface area is 119 Å². The standard InChI is InChI=1S/C14H12F2N2OS/c1-8-6-10(3-4-11(8)14(17)18-19)20-13-5-2-9(15)7-12(13)16/h2-7,19H,1H3,(H2,17,18). The minimum atomic E-state index is -0.606. The number of amidine groups is 1. The maximum Gasteiger partial charge on any atom is 0.170 e. The van der Waals surface area contributed by atoms with Gasteiger partial charge >= 0.3 is 0 Å². The number of rotatable bonds is 3. The van der Waals surface area contributed by atoms with E-state index < -0.39 is 11.6 Å². The van der Waals surface area contributed by atoms with E-state index >= 15 is 0 Å². The molecule has 0 aromatic heterocycles. The van der Waals surface area contributed by atoms with Crippen molar-refractivity contribution in [1.82, 2.24) is 0 Å². The van der Waals surface area contributed by atoms with Crippen molar-refractivity contribution in [2.24, 2.45) is 10.9 Å². The molecule has 0 unspecified atom stereocenters. The summed E-state index contributed by atoms with van der Waals surface area (Å²) < 4.78 is 26.4. The van der Waals surface area contributed by atoms with E-state index in [1.54, 1.807) is 25.1 Å². The third kappa shape index (κ3) is 3.08. The maximum atomic E-state index is 13.6. The molecule has 0 spiro atoms. The third-order valence-electron chi connectivity index (χ3n) is 2.70. The van der Waals surface area contributed by atoms with Crippen molar-refractivity contribution in [1.29, 1.82) is 0 Å². The molecule has 0 heterocycles. The van der Waals surface area contributed by atoms with Crippen LogP contribution in [0.15, 0.2) is 51.3 Å². The molecule has 104 valence electrons. The van der Waals surface area contributed by atoms with Crippen LogP contribution in [0.25, 0.3) is 0 Å². The largest absolute Gasteiger partial charge is 0.409 e. The minimum Gasteiger partial charge on any atom is -0.409 e. The number of nitrogens with zero attached hydrogens (tertiary/aromatic N) is 1. The molecule has 2 aromatic carbocycles. The third-order valence-corrected chi connectivity index (χ3v) is 3.74. The normalized spacial score (nSPS) is 11.7. The van der Waals surface area contributed by atoms with Crippen LogP contribution in [0.1, 0.15) is 11.1 Å². The van der Waals surface area contributed by atoms with Gasteiger partial charge in [0, 0.05) is 21.4 Å². The van der Waals surface area contributed by atoms with Crippen LogP contribution in [0.4, 0.5) is 8.78 Å².